The number of likely N-dealkylation sites (tertiary alicyclic amines) is 1. The van der Waals surface area contributed by atoms with Crippen molar-refractivity contribution in [3.05, 3.63) is 11.9 Å². The van der Waals surface area contributed by atoms with Crippen molar-refractivity contribution in [1.82, 2.24) is 14.5 Å². The van der Waals surface area contributed by atoms with Gasteiger partial charge < -0.3 is 19.5 Å². The van der Waals surface area contributed by atoms with Gasteiger partial charge in [0.25, 0.3) is 0 Å². The number of hydrogen-bond acceptors (Lipinski definition) is 4. The first kappa shape index (κ1) is 16.3. The Hall–Kier alpha value is -1.07. The first-order chi connectivity index (χ1) is 10.3. The van der Waals surface area contributed by atoms with Gasteiger partial charge in [0.1, 0.15) is 0 Å². The van der Waals surface area contributed by atoms with Gasteiger partial charge >= 0.3 is 0 Å². The Kier molecular flexibility index (Phi) is 7.03. The van der Waals surface area contributed by atoms with E-state index in [1.54, 1.807) is 0 Å². The summed E-state index contributed by atoms with van der Waals surface area (Å²) in [6.45, 7) is 11.4. The van der Waals surface area contributed by atoms with Gasteiger partial charge in [0.15, 0.2) is 0 Å². The Morgan fingerprint density at radius 2 is 2.05 bits per heavy atom. The van der Waals surface area contributed by atoms with Crippen LogP contribution in [0, 0.1) is 6.92 Å². The van der Waals surface area contributed by atoms with Crippen LogP contribution >= 0.6 is 0 Å². The molecule has 0 amide bonds. The summed E-state index contributed by atoms with van der Waals surface area (Å²) in [6.07, 6.45) is 7.11. The van der Waals surface area contributed by atoms with E-state index < -0.39 is 0 Å². The van der Waals surface area contributed by atoms with Crippen molar-refractivity contribution in [3.63, 3.8) is 0 Å². The van der Waals surface area contributed by atoms with Crippen LogP contribution < -0.4 is 5.32 Å². The lowest BCUT2D eigenvalue weighted by Gasteiger charge is -2.15. The predicted molar refractivity (Wildman–Crippen MR) is 86.9 cm³/mol. The van der Waals surface area contributed by atoms with E-state index in [1.807, 2.05) is 6.92 Å². The molecular weight excluding hydrogens is 264 g/mol. The molecule has 2 heterocycles. The molecule has 1 saturated heterocycles. The molecular formula is C16H30N4O. The fourth-order valence-corrected chi connectivity index (χ4v) is 2.85. The van der Waals surface area contributed by atoms with Gasteiger partial charge in [-0.15, -0.1) is 0 Å². The largest absolute Gasteiger partial charge is 0.382 e. The van der Waals surface area contributed by atoms with E-state index in [9.17, 15) is 0 Å². The smallest absolute Gasteiger partial charge is 0.203 e. The SMILES string of the molecule is CCOCCCNc1nc(C)cn1CCCN1CCCC1. The van der Waals surface area contributed by atoms with Crippen LogP contribution in [0.4, 0.5) is 5.95 Å². The summed E-state index contributed by atoms with van der Waals surface area (Å²) in [5, 5.41) is 3.43. The number of imidazole rings is 1. The van der Waals surface area contributed by atoms with Gasteiger partial charge in [-0.1, -0.05) is 0 Å². The summed E-state index contributed by atoms with van der Waals surface area (Å²) in [5.74, 6) is 1.01. The third kappa shape index (κ3) is 5.67. The van der Waals surface area contributed by atoms with Crippen LogP contribution in [-0.4, -0.2) is 53.8 Å². The van der Waals surface area contributed by atoms with Crippen LogP contribution in [0.1, 0.15) is 38.3 Å². The molecule has 21 heavy (non-hydrogen) atoms. The zero-order chi connectivity index (χ0) is 14.9. The monoisotopic (exact) mass is 294 g/mol. The third-order valence-corrected chi connectivity index (χ3v) is 3.92. The van der Waals surface area contributed by atoms with Crippen molar-refractivity contribution in [2.75, 3.05) is 44.7 Å². The summed E-state index contributed by atoms with van der Waals surface area (Å²) in [5.41, 5.74) is 1.09. The molecule has 0 unspecified atom stereocenters. The van der Waals surface area contributed by atoms with Crippen LogP contribution in [0.25, 0.3) is 0 Å². The molecule has 0 saturated carbocycles. The van der Waals surface area contributed by atoms with Crippen LogP contribution in [0.15, 0.2) is 6.20 Å². The zero-order valence-corrected chi connectivity index (χ0v) is 13.6. The molecule has 5 heteroatoms. The number of aromatic nitrogens is 2. The van der Waals surface area contributed by atoms with E-state index in [0.29, 0.717) is 0 Å². The standard InChI is InChI=1S/C16H30N4O/c1-3-21-13-6-8-17-16-18-15(2)14-20(16)12-7-11-19-9-4-5-10-19/h14H,3-13H2,1-2H3,(H,17,18). The molecule has 1 aromatic heterocycles. The Balaban J connectivity index is 1.70. The summed E-state index contributed by atoms with van der Waals surface area (Å²) in [7, 11) is 0. The highest BCUT2D eigenvalue weighted by atomic mass is 16.5. The molecule has 0 atom stereocenters. The lowest BCUT2D eigenvalue weighted by molar-refractivity contribution is 0.147. The minimum Gasteiger partial charge on any atom is -0.382 e. The van der Waals surface area contributed by atoms with Crippen LogP contribution in [-0.2, 0) is 11.3 Å². The van der Waals surface area contributed by atoms with E-state index in [1.165, 1.54) is 38.9 Å². The number of rotatable bonds is 10. The number of aryl methyl sites for hydroxylation is 2. The predicted octanol–water partition coefficient (Wildman–Crippen LogP) is 2.52. The fourth-order valence-electron chi connectivity index (χ4n) is 2.85. The minimum absolute atomic E-state index is 0.796. The molecule has 1 aromatic rings. The highest BCUT2D eigenvalue weighted by molar-refractivity contribution is 5.28. The molecule has 0 spiro atoms. The maximum atomic E-state index is 5.36. The fraction of sp³-hybridized carbons (Fsp3) is 0.812. The minimum atomic E-state index is 0.796. The third-order valence-electron chi connectivity index (χ3n) is 3.92. The van der Waals surface area contributed by atoms with Crippen molar-refractivity contribution < 1.29 is 4.74 Å². The molecule has 2 rings (SSSR count). The molecule has 0 radical (unpaired) electrons. The lowest BCUT2D eigenvalue weighted by atomic mass is 10.4. The first-order valence-corrected chi connectivity index (χ1v) is 8.37. The maximum Gasteiger partial charge on any atom is 0.203 e. The van der Waals surface area contributed by atoms with Gasteiger partial charge in [0.2, 0.25) is 5.95 Å². The Morgan fingerprint density at radius 3 is 2.81 bits per heavy atom. The van der Waals surface area contributed by atoms with Gasteiger partial charge in [-0.2, -0.15) is 0 Å². The molecule has 1 aliphatic heterocycles. The average molecular weight is 294 g/mol. The normalized spacial score (nSPS) is 15.7. The molecule has 0 aliphatic carbocycles. The van der Waals surface area contributed by atoms with Gasteiger partial charge in [-0.05, 0) is 59.2 Å². The number of ether oxygens (including phenoxy) is 1. The second-order valence-electron chi connectivity index (χ2n) is 5.78. The molecule has 0 bridgehead atoms. The second kappa shape index (κ2) is 9.05. The van der Waals surface area contributed by atoms with Gasteiger partial charge in [-0.3, -0.25) is 0 Å². The van der Waals surface area contributed by atoms with Gasteiger partial charge in [0.05, 0.1) is 5.69 Å². The van der Waals surface area contributed by atoms with Crippen LogP contribution in [0.2, 0.25) is 0 Å². The lowest BCUT2D eigenvalue weighted by Crippen LogP contribution is -2.21. The number of nitrogens with zero attached hydrogens (tertiary/aromatic N) is 3. The number of nitrogens with one attached hydrogen (secondary N) is 1. The highest BCUT2D eigenvalue weighted by Gasteiger charge is 2.11. The molecule has 120 valence electrons. The van der Waals surface area contributed by atoms with Crippen molar-refractivity contribution in [3.8, 4) is 0 Å². The summed E-state index contributed by atoms with van der Waals surface area (Å²) < 4.78 is 7.61. The Morgan fingerprint density at radius 1 is 1.24 bits per heavy atom. The van der Waals surface area contributed by atoms with Crippen molar-refractivity contribution in [2.45, 2.75) is 46.1 Å². The summed E-state index contributed by atoms with van der Waals surface area (Å²) in [4.78, 5) is 7.14. The van der Waals surface area contributed by atoms with Gasteiger partial charge in [0, 0.05) is 32.5 Å². The molecule has 1 aliphatic rings. The molecule has 1 fully saturated rings. The molecule has 0 aromatic carbocycles. The van der Waals surface area contributed by atoms with E-state index in [0.717, 1.165) is 44.4 Å². The molecule has 1 N–H and O–H groups in total. The highest BCUT2D eigenvalue weighted by Crippen LogP contribution is 2.11. The average Bonchev–Trinajstić information content (AvgIpc) is 3.09. The first-order valence-electron chi connectivity index (χ1n) is 8.37. The summed E-state index contributed by atoms with van der Waals surface area (Å²) in [6, 6.07) is 0. The zero-order valence-electron chi connectivity index (χ0n) is 13.6. The Labute approximate surface area is 128 Å². The number of anilines is 1. The van der Waals surface area contributed by atoms with Crippen molar-refractivity contribution in [2.24, 2.45) is 0 Å². The topological polar surface area (TPSA) is 42.3 Å². The van der Waals surface area contributed by atoms with E-state index in [2.05, 4.69) is 32.9 Å². The van der Waals surface area contributed by atoms with E-state index in [-0.39, 0.29) is 0 Å². The van der Waals surface area contributed by atoms with Gasteiger partial charge in [-0.25, -0.2) is 4.98 Å². The Bertz CT molecular complexity index is 399. The van der Waals surface area contributed by atoms with E-state index >= 15 is 0 Å². The quantitative estimate of drug-likeness (QED) is 0.673. The van der Waals surface area contributed by atoms with E-state index in [4.69, 9.17) is 4.74 Å². The number of hydrogen-bond donors (Lipinski definition) is 1. The summed E-state index contributed by atoms with van der Waals surface area (Å²) >= 11 is 0. The second-order valence-corrected chi connectivity index (χ2v) is 5.78. The van der Waals surface area contributed by atoms with Crippen LogP contribution in [0.3, 0.4) is 0 Å². The van der Waals surface area contributed by atoms with Crippen LogP contribution in [0.5, 0.6) is 0 Å². The van der Waals surface area contributed by atoms with Crippen molar-refractivity contribution in [1.29, 1.82) is 0 Å². The molecule has 5 nitrogen and oxygen atoms in total. The van der Waals surface area contributed by atoms with Crippen molar-refractivity contribution >= 4 is 5.95 Å². The maximum absolute atomic E-state index is 5.36.